The zero-order valence-corrected chi connectivity index (χ0v) is 10.8. The van der Waals surface area contributed by atoms with Crippen molar-refractivity contribution in [2.24, 2.45) is 23.2 Å². The molecule has 0 aromatic rings. The third kappa shape index (κ3) is 3.29. The van der Waals surface area contributed by atoms with Crippen LogP contribution in [0.15, 0.2) is 0 Å². The molecule has 0 aliphatic heterocycles. The normalized spacial score (nSPS) is 36.0. The Kier molecular flexibility index (Phi) is 4.04. The SMILES string of the molecule is CC1CCCC(C)(CC(C)C(C)C)C1. The Morgan fingerprint density at radius 1 is 1.29 bits per heavy atom. The number of hydrogen-bond donors (Lipinski definition) is 0. The van der Waals surface area contributed by atoms with Gasteiger partial charge in [-0.2, -0.15) is 0 Å². The fourth-order valence-electron chi connectivity index (χ4n) is 3.12. The van der Waals surface area contributed by atoms with Crippen molar-refractivity contribution >= 4 is 0 Å². The van der Waals surface area contributed by atoms with E-state index in [0.29, 0.717) is 5.41 Å². The van der Waals surface area contributed by atoms with Crippen LogP contribution >= 0.6 is 0 Å². The van der Waals surface area contributed by atoms with E-state index >= 15 is 0 Å². The summed E-state index contributed by atoms with van der Waals surface area (Å²) in [7, 11) is 0. The Labute approximate surface area is 90.5 Å². The van der Waals surface area contributed by atoms with Crippen molar-refractivity contribution in [2.75, 3.05) is 0 Å². The molecule has 3 unspecified atom stereocenters. The molecule has 1 saturated carbocycles. The summed E-state index contributed by atoms with van der Waals surface area (Å²) in [4.78, 5) is 0. The van der Waals surface area contributed by atoms with E-state index in [-0.39, 0.29) is 0 Å². The summed E-state index contributed by atoms with van der Waals surface area (Å²) in [5, 5.41) is 0. The summed E-state index contributed by atoms with van der Waals surface area (Å²) in [6.07, 6.45) is 7.29. The lowest BCUT2D eigenvalue weighted by Crippen LogP contribution is -2.27. The first-order valence-electron chi connectivity index (χ1n) is 6.43. The zero-order chi connectivity index (χ0) is 10.8. The highest BCUT2D eigenvalue weighted by molar-refractivity contribution is 4.83. The number of hydrogen-bond acceptors (Lipinski definition) is 0. The molecule has 1 fully saturated rings. The fraction of sp³-hybridized carbons (Fsp3) is 1.00. The van der Waals surface area contributed by atoms with Crippen molar-refractivity contribution in [1.82, 2.24) is 0 Å². The maximum Gasteiger partial charge on any atom is -0.0321 e. The average Bonchev–Trinajstić information content (AvgIpc) is 2.02. The van der Waals surface area contributed by atoms with E-state index in [0.717, 1.165) is 17.8 Å². The van der Waals surface area contributed by atoms with Crippen LogP contribution in [0.3, 0.4) is 0 Å². The maximum atomic E-state index is 2.52. The molecule has 0 amide bonds. The van der Waals surface area contributed by atoms with E-state index in [1.54, 1.807) is 0 Å². The molecule has 0 heterocycles. The third-order valence-corrected chi connectivity index (χ3v) is 4.27. The highest BCUT2D eigenvalue weighted by Crippen LogP contribution is 2.44. The van der Waals surface area contributed by atoms with Gasteiger partial charge in [-0.1, -0.05) is 47.5 Å². The van der Waals surface area contributed by atoms with Crippen LogP contribution in [0.25, 0.3) is 0 Å². The van der Waals surface area contributed by atoms with E-state index in [1.165, 1.54) is 32.1 Å². The first kappa shape index (κ1) is 12.1. The van der Waals surface area contributed by atoms with E-state index in [4.69, 9.17) is 0 Å². The first-order valence-corrected chi connectivity index (χ1v) is 6.43. The van der Waals surface area contributed by atoms with Gasteiger partial charge in [0, 0.05) is 0 Å². The molecule has 14 heavy (non-hydrogen) atoms. The van der Waals surface area contributed by atoms with Crippen LogP contribution in [0.5, 0.6) is 0 Å². The molecular formula is C14H28. The molecular weight excluding hydrogens is 168 g/mol. The zero-order valence-electron chi connectivity index (χ0n) is 10.8. The topological polar surface area (TPSA) is 0 Å². The lowest BCUT2D eigenvalue weighted by molar-refractivity contribution is 0.120. The minimum absolute atomic E-state index is 0.654. The predicted molar refractivity (Wildman–Crippen MR) is 64.4 cm³/mol. The van der Waals surface area contributed by atoms with Gasteiger partial charge in [0.1, 0.15) is 0 Å². The molecule has 1 aliphatic carbocycles. The van der Waals surface area contributed by atoms with Crippen molar-refractivity contribution in [3.8, 4) is 0 Å². The van der Waals surface area contributed by atoms with Gasteiger partial charge in [0.15, 0.2) is 0 Å². The Bertz CT molecular complexity index is 171. The molecule has 84 valence electrons. The Morgan fingerprint density at radius 3 is 2.43 bits per heavy atom. The highest BCUT2D eigenvalue weighted by Gasteiger charge is 2.32. The molecule has 1 rings (SSSR count). The van der Waals surface area contributed by atoms with Crippen LogP contribution in [0.2, 0.25) is 0 Å². The van der Waals surface area contributed by atoms with Crippen LogP contribution in [0.4, 0.5) is 0 Å². The molecule has 3 atom stereocenters. The van der Waals surface area contributed by atoms with E-state index < -0.39 is 0 Å². The number of rotatable bonds is 3. The summed E-state index contributed by atoms with van der Waals surface area (Å²) < 4.78 is 0. The third-order valence-electron chi connectivity index (χ3n) is 4.27. The maximum absolute atomic E-state index is 2.52. The molecule has 0 saturated heterocycles. The molecule has 1 aliphatic rings. The summed E-state index contributed by atoms with van der Waals surface area (Å²) in [6.45, 7) is 12.1. The van der Waals surface area contributed by atoms with Crippen molar-refractivity contribution in [3.05, 3.63) is 0 Å². The van der Waals surface area contributed by atoms with Gasteiger partial charge in [-0.15, -0.1) is 0 Å². The summed E-state index contributed by atoms with van der Waals surface area (Å²) >= 11 is 0. The first-order chi connectivity index (χ1) is 6.43. The molecule has 0 radical (unpaired) electrons. The second kappa shape index (κ2) is 4.68. The summed E-state index contributed by atoms with van der Waals surface area (Å²) in [5.74, 6) is 2.71. The van der Waals surface area contributed by atoms with Crippen molar-refractivity contribution < 1.29 is 0 Å². The minimum atomic E-state index is 0.654. The van der Waals surface area contributed by atoms with Gasteiger partial charge in [0.05, 0.1) is 0 Å². The van der Waals surface area contributed by atoms with Gasteiger partial charge in [-0.05, 0) is 42.4 Å². The van der Waals surface area contributed by atoms with Gasteiger partial charge < -0.3 is 0 Å². The van der Waals surface area contributed by atoms with Gasteiger partial charge in [0.25, 0.3) is 0 Å². The van der Waals surface area contributed by atoms with Gasteiger partial charge >= 0.3 is 0 Å². The highest BCUT2D eigenvalue weighted by atomic mass is 14.4. The fourth-order valence-corrected chi connectivity index (χ4v) is 3.12. The van der Waals surface area contributed by atoms with Crippen molar-refractivity contribution in [2.45, 2.75) is 66.7 Å². The standard InChI is InChI=1S/C14H28/c1-11(2)13(4)10-14(5)8-6-7-12(3)9-14/h11-13H,6-10H2,1-5H3. The average molecular weight is 196 g/mol. The molecule has 0 aromatic heterocycles. The minimum Gasteiger partial charge on any atom is -0.0625 e. The van der Waals surface area contributed by atoms with Crippen LogP contribution in [-0.2, 0) is 0 Å². The van der Waals surface area contributed by atoms with Crippen molar-refractivity contribution in [3.63, 3.8) is 0 Å². The van der Waals surface area contributed by atoms with Gasteiger partial charge in [-0.3, -0.25) is 0 Å². The lowest BCUT2D eigenvalue weighted by atomic mass is 9.66. The summed E-state index contributed by atoms with van der Waals surface area (Å²) in [5.41, 5.74) is 0.654. The second-order valence-corrected chi connectivity index (χ2v) is 6.44. The molecule has 0 aromatic carbocycles. The van der Waals surface area contributed by atoms with Crippen LogP contribution in [-0.4, -0.2) is 0 Å². The van der Waals surface area contributed by atoms with Gasteiger partial charge in [0.2, 0.25) is 0 Å². The summed E-state index contributed by atoms with van der Waals surface area (Å²) in [6, 6.07) is 0. The second-order valence-electron chi connectivity index (χ2n) is 6.44. The Morgan fingerprint density at radius 2 is 1.93 bits per heavy atom. The van der Waals surface area contributed by atoms with Crippen LogP contribution in [0, 0.1) is 23.2 Å². The monoisotopic (exact) mass is 196 g/mol. The van der Waals surface area contributed by atoms with Crippen LogP contribution < -0.4 is 0 Å². The Balaban J connectivity index is 2.48. The predicted octanol–water partition coefficient (Wildman–Crippen LogP) is 4.89. The van der Waals surface area contributed by atoms with E-state index in [1.807, 2.05) is 0 Å². The molecule has 0 N–H and O–H groups in total. The molecule has 0 heteroatoms. The Hall–Kier alpha value is 0. The molecule has 0 spiro atoms. The smallest absolute Gasteiger partial charge is 0.0321 e. The molecule has 0 bridgehead atoms. The van der Waals surface area contributed by atoms with Crippen LogP contribution in [0.1, 0.15) is 66.7 Å². The van der Waals surface area contributed by atoms with E-state index in [2.05, 4.69) is 34.6 Å². The van der Waals surface area contributed by atoms with E-state index in [9.17, 15) is 0 Å². The van der Waals surface area contributed by atoms with Gasteiger partial charge in [-0.25, -0.2) is 0 Å². The largest absolute Gasteiger partial charge is 0.0625 e. The quantitative estimate of drug-likeness (QED) is 0.603. The lowest BCUT2D eigenvalue weighted by Gasteiger charge is -2.39. The molecule has 0 nitrogen and oxygen atoms in total. The van der Waals surface area contributed by atoms with Crippen molar-refractivity contribution in [1.29, 1.82) is 0 Å².